The van der Waals surface area contributed by atoms with Crippen LogP contribution in [0.5, 0.6) is 11.5 Å². The third-order valence-electron chi connectivity index (χ3n) is 8.85. The largest absolute Gasteiger partial charge is 0.497 e. The summed E-state index contributed by atoms with van der Waals surface area (Å²) in [6, 6.07) is 23.8. The van der Waals surface area contributed by atoms with Gasteiger partial charge >= 0.3 is 0 Å². The van der Waals surface area contributed by atoms with Crippen LogP contribution in [0, 0.1) is 5.92 Å². The molecule has 0 saturated heterocycles. The Hall–Kier alpha value is -3.78. The molecule has 0 amide bonds. The second-order valence-electron chi connectivity index (χ2n) is 11.5. The summed E-state index contributed by atoms with van der Waals surface area (Å²) in [4.78, 5) is 0. The fourth-order valence-corrected chi connectivity index (χ4v) is 6.54. The van der Waals surface area contributed by atoms with Gasteiger partial charge in [-0.25, -0.2) is 0 Å². The van der Waals surface area contributed by atoms with Crippen molar-refractivity contribution in [2.75, 3.05) is 14.2 Å². The fourth-order valence-electron chi connectivity index (χ4n) is 6.54. The van der Waals surface area contributed by atoms with E-state index >= 15 is 0 Å². The zero-order valence-electron chi connectivity index (χ0n) is 25.2. The minimum absolute atomic E-state index is 0.123. The zero-order valence-corrected chi connectivity index (χ0v) is 25.2. The first-order chi connectivity index (χ1) is 20.1. The molecule has 0 unspecified atom stereocenters. The van der Waals surface area contributed by atoms with Gasteiger partial charge in [0.25, 0.3) is 0 Å². The van der Waals surface area contributed by atoms with Gasteiger partial charge in [-0.1, -0.05) is 124 Å². The molecule has 0 aromatic heterocycles. The first-order valence-corrected chi connectivity index (χ1v) is 15.3. The van der Waals surface area contributed by atoms with E-state index in [2.05, 4.69) is 92.8 Å². The number of methoxy groups -OCH3 is 2. The van der Waals surface area contributed by atoms with Crippen molar-refractivity contribution in [1.82, 2.24) is 0 Å². The van der Waals surface area contributed by atoms with Crippen molar-refractivity contribution in [1.29, 1.82) is 0 Å². The molecular weight excluding hydrogens is 500 g/mol. The van der Waals surface area contributed by atoms with Gasteiger partial charge in [-0.05, 0) is 82.8 Å². The van der Waals surface area contributed by atoms with Crippen LogP contribution in [0.25, 0.3) is 23.8 Å². The van der Waals surface area contributed by atoms with E-state index in [1.165, 1.54) is 66.4 Å². The number of benzene rings is 3. The van der Waals surface area contributed by atoms with Crippen molar-refractivity contribution < 1.29 is 9.47 Å². The van der Waals surface area contributed by atoms with Crippen LogP contribution in [0.15, 0.2) is 90.5 Å². The van der Waals surface area contributed by atoms with Crippen LogP contribution in [0.3, 0.4) is 0 Å². The second kappa shape index (κ2) is 13.3. The average Bonchev–Trinajstić information content (AvgIpc) is 3.29. The number of ether oxygens (including phenoxy) is 2. The molecule has 0 spiro atoms. The predicted molar refractivity (Wildman–Crippen MR) is 175 cm³/mol. The Balaban J connectivity index is 1.46. The highest BCUT2D eigenvalue weighted by atomic mass is 16.5. The number of allylic oxidation sites excluding steroid dienone is 5. The van der Waals surface area contributed by atoms with Gasteiger partial charge in [-0.3, -0.25) is 0 Å². The van der Waals surface area contributed by atoms with Crippen molar-refractivity contribution in [2.24, 2.45) is 5.92 Å². The maximum Gasteiger partial charge on any atom is 0.118 e. The first kappa shape index (κ1) is 28.7. The normalized spacial score (nSPS) is 17.3. The van der Waals surface area contributed by atoms with Gasteiger partial charge in [0.05, 0.1) is 14.2 Å². The Morgan fingerprint density at radius 2 is 1.29 bits per heavy atom. The van der Waals surface area contributed by atoms with Gasteiger partial charge in [-0.2, -0.15) is 0 Å². The molecule has 3 aromatic rings. The van der Waals surface area contributed by atoms with Gasteiger partial charge in [0.2, 0.25) is 0 Å². The lowest BCUT2D eigenvalue weighted by Gasteiger charge is -2.36. The third kappa shape index (κ3) is 6.27. The molecule has 0 N–H and O–H groups in total. The van der Waals surface area contributed by atoms with Crippen molar-refractivity contribution in [2.45, 2.75) is 64.2 Å². The van der Waals surface area contributed by atoms with Crippen LogP contribution in [-0.4, -0.2) is 14.2 Å². The molecule has 0 radical (unpaired) electrons. The maximum absolute atomic E-state index is 5.33. The minimum Gasteiger partial charge on any atom is -0.497 e. The highest BCUT2D eigenvalue weighted by Crippen LogP contribution is 2.56. The van der Waals surface area contributed by atoms with E-state index in [0.29, 0.717) is 5.92 Å². The maximum atomic E-state index is 5.33. The molecular formula is C39H44O2. The number of hydrogen-bond acceptors (Lipinski definition) is 2. The molecule has 2 nitrogen and oxygen atoms in total. The van der Waals surface area contributed by atoms with Crippen molar-refractivity contribution in [3.8, 4) is 11.5 Å². The molecule has 0 bridgehead atoms. The highest BCUT2D eigenvalue weighted by molar-refractivity contribution is 5.88. The predicted octanol–water partition coefficient (Wildman–Crippen LogP) is 10.5. The summed E-state index contributed by atoms with van der Waals surface area (Å²) in [5.41, 5.74) is 9.93. The molecule has 2 aliphatic carbocycles. The number of fused-ring (bicyclic) bond motifs is 2. The van der Waals surface area contributed by atoms with Gasteiger partial charge in [0.15, 0.2) is 0 Å². The Morgan fingerprint density at radius 1 is 0.732 bits per heavy atom. The lowest BCUT2D eigenvalue weighted by atomic mass is 9.67. The highest BCUT2D eigenvalue weighted by Gasteiger charge is 2.44. The standard InChI is InChI=1S/C39H44O2/c1-5-7-25-39(26-8-6-2)37-27-31(11-9-29-13-19-33(40-3)20-14-29)17-23-35(37)36-24-18-32(28-38(36)39)12-10-30-15-21-34(41-4)22-16-30/h9-24,27,32H,5-8,25-26,28H2,1-4H3/b11-9+,12-10+/t32-/m1/s1. The lowest BCUT2D eigenvalue weighted by molar-refractivity contribution is 0.390. The molecule has 1 atom stereocenters. The van der Waals surface area contributed by atoms with Crippen LogP contribution in [0.4, 0.5) is 0 Å². The summed E-state index contributed by atoms with van der Waals surface area (Å²) >= 11 is 0. The van der Waals surface area contributed by atoms with Crippen LogP contribution in [-0.2, 0) is 5.41 Å². The molecule has 212 valence electrons. The Kier molecular flexibility index (Phi) is 9.29. The molecule has 41 heavy (non-hydrogen) atoms. The van der Waals surface area contributed by atoms with E-state index in [1.54, 1.807) is 25.4 Å². The summed E-state index contributed by atoms with van der Waals surface area (Å²) in [6.45, 7) is 4.65. The SMILES string of the molecule is CCCCC1(CCCC)C2=C(C=C[C@@H](/C=C/c3ccc(OC)cc3)C2)c2ccc(/C=C/c3ccc(OC)cc3)cc21. The van der Waals surface area contributed by atoms with E-state index in [-0.39, 0.29) is 5.41 Å². The van der Waals surface area contributed by atoms with E-state index < -0.39 is 0 Å². The first-order valence-electron chi connectivity index (χ1n) is 15.3. The number of unbranched alkanes of at least 4 members (excludes halogenated alkanes) is 2. The van der Waals surface area contributed by atoms with Crippen LogP contribution in [0.1, 0.15) is 86.6 Å². The van der Waals surface area contributed by atoms with Gasteiger partial charge in [-0.15, -0.1) is 0 Å². The quantitative estimate of drug-likeness (QED) is 0.211. The van der Waals surface area contributed by atoms with Gasteiger partial charge in [0, 0.05) is 5.41 Å². The second-order valence-corrected chi connectivity index (χ2v) is 11.5. The molecule has 3 aromatic carbocycles. The molecule has 0 aliphatic heterocycles. The topological polar surface area (TPSA) is 18.5 Å². The molecule has 2 heteroatoms. The lowest BCUT2D eigenvalue weighted by Crippen LogP contribution is -2.28. The number of rotatable bonds is 12. The zero-order chi connectivity index (χ0) is 28.7. The molecule has 2 aliphatic rings. The Labute approximate surface area is 247 Å². The van der Waals surface area contributed by atoms with Crippen LogP contribution < -0.4 is 9.47 Å². The fraction of sp³-hybridized carbons (Fsp3) is 0.333. The smallest absolute Gasteiger partial charge is 0.118 e. The molecule has 0 fully saturated rings. The molecule has 0 saturated carbocycles. The third-order valence-corrected chi connectivity index (χ3v) is 8.85. The van der Waals surface area contributed by atoms with E-state index in [0.717, 1.165) is 17.9 Å². The summed E-state index contributed by atoms with van der Waals surface area (Å²) in [6.07, 6.45) is 22.5. The van der Waals surface area contributed by atoms with Crippen molar-refractivity contribution in [3.05, 3.63) is 118 Å². The minimum atomic E-state index is 0.123. The molecule has 0 heterocycles. The van der Waals surface area contributed by atoms with Gasteiger partial charge < -0.3 is 9.47 Å². The van der Waals surface area contributed by atoms with E-state index in [1.807, 2.05) is 24.3 Å². The Morgan fingerprint density at radius 3 is 1.88 bits per heavy atom. The van der Waals surface area contributed by atoms with Crippen molar-refractivity contribution in [3.63, 3.8) is 0 Å². The summed E-state index contributed by atoms with van der Waals surface area (Å²) in [7, 11) is 3.42. The van der Waals surface area contributed by atoms with Gasteiger partial charge in [0.1, 0.15) is 11.5 Å². The molecule has 5 rings (SSSR count). The van der Waals surface area contributed by atoms with E-state index in [9.17, 15) is 0 Å². The monoisotopic (exact) mass is 544 g/mol. The van der Waals surface area contributed by atoms with Crippen LogP contribution in [0.2, 0.25) is 0 Å². The average molecular weight is 545 g/mol. The summed E-state index contributed by atoms with van der Waals surface area (Å²) in [5.74, 6) is 2.19. The number of hydrogen-bond donors (Lipinski definition) is 0. The summed E-state index contributed by atoms with van der Waals surface area (Å²) in [5, 5.41) is 0. The Bertz CT molecular complexity index is 1430. The van der Waals surface area contributed by atoms with Crippen LogP contribution >= 0.6 is 0 Å². The van der Waals surface area contributed by atoms with E-state index in [4.69, 9.17) is 9.47 Å². The summed E-state index contributed by atoms with van der Waals surface area (Å²) < 4.78 is 10.7. The van der Waals surface area contributed by atoms with Crippen molar-refractivity contribution >= 4 is 23.8 Å².